The number of carbonyl (C=O) groups excluding carboxylic acids is 2. The van der Waals surface area contributed by atoms with Crippen LogP contribution in [0.5, 0.6) is 0 Å². The number of carbonyl (C=O) groups is 2. The highest BCUT2D eigenvalue weighted by atomic mass is 16.5. The number of methoxy groups -OCH3 is 1. The summed E-state index contributed by atoms with van der Waals surface area (Å²) in [6.07, 6.45) is 8.03. The Labute approximate surface area is 215 Å². The van der Waals surface area contributed by atoms with Gasteiger partial charge in [-0.25, -0.2) is 0 Å². The molecule has 36 heavy (non-hydrogen) atoms. The Bertz CT molecular complexity index is 1100. The molecule has 0 heterocycles. The van der Waals surface area contributed by atoms with Crippen LogP contribution in [-0.2, 0) is 19.1 Å². The number of nitrogens with zero attached hydrogens (tertiary/aromatic N) is 1. The number of fused-ring (bicyclic) bond motifs is 4. The van der Waals surface area contributed by atoms with Gasteiger partial charge in [0.15, 0.2) is 11.6 Å². The first-order valence-corrected chi connectivity index (χ1v) is 13.7. The molecule has 0 bridgehead atoms. The maximum atomic E-state index is 13.7. The molecule has 0 saturated heterocycles. The zero-order valence-electron chi connectivity index (χ0n) is 22.6. The van der Waals surface area contributed by atoms with Gasteiger partial charge in [0.05, 0.1) is 0 Å². The zero-order chi connectivity index (χ0) is 25.7. The molecule has 1 aromatic carbocycles. The third kappa shape index (κ3) is 3.81. The molecule has 4 aliphatic carbocycles. The summed E-state index contributed by atoms with van der Waals surface area (Å²) in [5, 5.41) is 0. The van der Waals surface area contributed by atoms with Gasteiger partial charge < -0.3 is 14.4 Å². The number of benzene rings is 1. The molecule has 2 unspecified atom stereocenters. The van der Waals surface area contributed by atoms with Crippen molar-refractivity contribution in [3.63, 3.8) is 0 Å². The molecule has 194 valence electrons. The lowest BCUT2D eigenvalue weighted by atomic mass is 9.50. The van der Waals surface area contributed by atoms with Crippen molar-refractivity contribution in [2.75, 3.05) is 39.3 Å². The van der Waals surface area contributed by atoms with Crippen LogP contribution in [0.1, 0.15) is 70.3 Å². The highest BCUT2D eigenvalue weighted by Gasteiger charge is 2.66. The minimum atomic E-state index is -0.806. The topological polar surface area (TPSA) is 55.8 Å². The Kier molecular flexibility index (Phi) is 6.76. The Morgan fingerprint density at radius 3 is 2.53 bits per heavy atom. The fourth-order valence-electron chi connectivity index (χ4n) is 8.22. The molecular weight excluding hydrogens is 450 g/mol. The predicted octanol–water partition coefficient (Wildman–Crippen LogP) is 5.64. The lowest BCUT2D eigenvalue weighted by Crippen LogP contribution is -2.58. The largest absolute Gasteiger partial charge is 0.378 e. The van der Waals surface area contributed by atoms with Crippen LogP contribution < -0.4 is 4.90 Å². The molecule has 0 spiro atoms. The van der Waals surface area contributed by atoms with E-state index in [1.807, 2.05) is 13.0 Å². The van der Waals surface area contributed by atoms with Crippen LogP contribution >= 0.6 is 0 Å². The molecule has 0 amide bonds. The summed E-state index contributed by atoms with van der Waals surface area (Å²) in [5.41, 5.74) is 5.66. The molecule has 2 saturated carbocycles. The summed E-state index contributed by atoms with van der Waals surface area (Å²) in [6.45, 7) is 4.95. The van der Waals surface area contributed by atoms with Crippen LogP contribution in [0.4, 0.5) is 5.69 Å². The van der Waals surface area contributed by atoms with Gasteiger partial charge in [0.1, 0.15) is 12.2 Å². The molecule has 5 heteroatoms. The highest BCUT2D eigenvalue weighted by molar-refractivity contribution is 5.93. The number of ketones is 2. The van der Waals surface area contributed by atoms with E-state index in [9.17, 15) is 9.59 Å². The zero-order valence-corrected chi connectivity index (χ0v) is 22.6. The van der Waals surface area contributed by atoms with Gasteiger partial charge >= 0.3 is 0 Å². The molecule has 1 aromatic rings. The van der Waals surface area contributed by atoms with Crippen molar-refractivity contribution in [1.82, 2.24) is 0 Å². The summed E-state index contributed by atoms with van der Waals surface area (Å²) < 4.78 is 11.9. The molecule has 0 N–H and O–H groups in total. The quantitative estimate of drug-likeness (QED) is 0.494. The number of hydrogen-bond acceptors (Lipinski definition) is 5. The molecule has 5 atom stereocenters. The third-order valence-corrected chi connectivity index (χ3v) is 9.78. The van der Waals surface area contributed by atoms with E-state index in [4.69, 9.17) is 9.47 Å². The van der Waals surface area contributed by atoms with Gasteiger partial charge in [-0.1, -0.05) is 24.6 Å². The number of anilines is 1. The third-order valence-electron chi connectivity index (χ3n) is 9.78. The van der Waals surface area contributed by atoms with E-state index in [0.29, 0.717) is 24.9 Å². The van der Waals surface area contributed by atoms with Crippen molar-refractivity contribution in [1.29, 1.82) is 0 Å². The van der Waals surface area contributed by atoms with Gasteiger partial charge in [0, 0.05) is 51.3 Å². The molecule has 2 fully saturated rings. The second kappa shape index (κ2) is 9.57. The second-order valence-corrected chi connectivity index (χ2v) is 11.6. The van der Waals surface area contributed by atoms with Crippen molar-refractivity contribution < 1.29 is 19.1 Å². The minimum absolute atomic E-state index is 0.0920. The molecule has 0 aliphatic heterocycles. The van der Waals surface area contributed by atoms with Crippen molar-refractivity contribution in [2.45, 2.75) is 70.3 Å². The first-order valence-electron chi connectivity index (χ1n) is 13.7. The van der Waals surface area contributed by atoms with Crippen LogP contribution in [0.25, 0.3) is 0 Å². The number of hydrogen-bond donors (Lipinski definition) is 0. The van der Waals surface area contributed by atoms with Crippen LogP contribution in [0.2, 0.25) is 0 Å². The SMILES string of the molecule is CCO[C@]1(C(=O)COC)CCC2C3CCC4=CC(=O)CCC4=C3[C@@H](c3ccc(N(C)C)cc3)C[C@@]21C. The summed E-state index contributed by atoms with van der Waals surface area (Å²) in [7, 11) is 5.73. The van der Waals surface area contributed by atoms with Gasteiger partial charge in [-0.15, -0.1) is 0 Å². The first-order chi connectivity index (χ1) is 17.3. The maximum Gasteiger partial charge on any atom is 0.190 e. The Balaban J connectivity index is 1.66. The van der Waals surface area contributed by atoms with Crippen LogP contribution in [0, 0.1) is 17.3 Å². The lowest BCUT2D eigenvalue weighted by molar-refractivity contribution is -0.172. The average Bonchev–Trinajstić information content (AvgIpc) is 3.16. The monoisotopic (exact) mass is 491 g/mol. The van der Waals surface area contributed by atoms with E-state index in [2.05, 4.69) is 50.2 Å². The van der Waals surface area contributed by atoms with Gasteiger partial charge in [0.25, 0.3) is 0 Å². The fraction of sp³-hybridized carbons (Fsp3) is 0.613. The number of ether oxygens (including phenoxy) is 2. The molecule has 4 aliphatic rings. The van der Waals surface area contributed by atoms with E-state index < -0.39 is 5.60 Å². The van der Waals surface area contributed by atoms with Gasteiger partial charge in [-0.2, -0.15) is 0 Å². The highest BCUT2D eigenvalue weighted by Crippen LogP contribution is 2.67. The number of Topliss-reactive ketones (excluding diaryl/α,β-unsaturated/α-hetero) is 1. The molecular formula is C31H41NO4. The maximum absolute atomic E-state index is 13.7. The molecule has 5 nitrogen and oxygen atoms in total. The number of rotatable bonds is 7. The Hall–Kier alpha value is -2.24. The molecule has 5 rings (SSSR count). The van der Waals surface area contributed by atoms with Crippen molar-refractivity contribution in [3.8, 4) is 0 Å². The summed E-state index contributed by atoms with van der Waals surface area (Å²) in [4.78, 5) is 28.1. The molecule has 0 radical (unpaired) electrons. The van der Waals surface area contributed by atoms with E-state index in [0.717, 1.165) is 38.5 Å². The van der Waals surface area contributed by atoms with E-state index >= 15 is 0 Å². The Morgan fingerprint density at radius 2 is 1.86 bits per heavy atom. The van der Waals surface area contributed by atoms with Crippen LogP contribution in [0.15, 0.2) is 47.1 Å². The van der Waals surface area contributed by atoms with E-state index in [1.165, 1.54) is 22.4 Å². The van der Waals surface area contributed by atoms with Crippen molar-refractivity contribution in [3.05, 3.63) is 52.6 Å². The second-order valence-electron chi connectivity index (χ2n) is 11.6. The van der Waals surface area contributed by atoms with E-state index in [-0.39, 0.29) is 29.5 Å². The number of allylic oxidation sites excluding steroid dienone is 4. The predicted molar refractivity (Wildman–Crippen MR) is 142 cm³/mol. The van der Waals surface area contributed by atoms with Crippen molar-refractivity contribution in [2.24, 2.45) is 17.3 Å². The average molecular weight is 492 g/mol. The molecule has 0 aromatic heterocycles. The summed E-state index contributed by atoms with van der Waals surface area (Å²) >= 11 is 0. The summed E-state index contributed by atoms with van der Waals surface area (Å²) in [5.74, 6) is 1.38. The van der Waals surface area contributed by atoms with Crippen molar-refractivity contribution >= 4 is 17.3 Å². The van der Waals surface area contributed by atoms with E-state index in [1.54, 1.807) is 12.7 Å². The van der Waals surface area contributed by atoms with Gasteiger partial charge in [0.2, 0.25) is 0 Å². The smallest absolute Gasteiger partial charge is 0.190 e. The first kappa shape index (κ1) is 25.4. The normalized spacial score (nSPS) is 33.5. The minimum Gasteiger partial charge on any atom is -0.378 e. The van der Waals surface area contributed by atoms with Crippen LogP contribution in [0.3, 0.4) is 0 Å². The fourth-order valence-corrected chi connectivity index (χ4v) is 8.22. The summed E-state index contributed by atoms with van der Waals surface area (Å²) in [6, 6.07) is 8.95. The Morgan fingerprint density at radius 1 is 1.11 bits per heavy atom. The van der Waals surface area contributed by atoms with Gasteiger partial charge in [-0.05, 0) is 92.2 Å². The van der Waals surface area contributed by atoms with Crippen LogP contribution in [-0.4, -0.2) is 51.6 Å². The standard InChI is InChI=1S/C31H41NO4/c1-6-36-31(28(34)19-35-5)16-15-27-25-13-9-21-17-23(33)12-14-24(21)29(25)26(18-30(27,31)2)20-7-10-22(11-8-20)32(3)4/h7-8,10-11,17,25-27H,6,9,12-16,18-19H2,1-5H3/t25?,26-,27?,30+,31+/m1/s1. The van der Waals surface area contributed by atoms with Gasteiger partial charge in [-0.3, -0.25) is 9.59 Å². The lowest BCUT2D eigenvalue weighted by Gasteiger charge is -2.55.